The molecule has 2 aliphatic heterocycles. The fourth-order valence-corrected chi connectivity index (χ4v) is 3.78. The lowest BCUT2D eigenvalue weighted by Gasteiger charge is -2.25. The van der Waals surface area contributed by atoms with Crippen LogP contribution in [0, 0.1) is 0 Å². The van der Waals surface area contributed by atoms with Gasteiger partial charge in [0.1, 0.15) is 6.61 Å². The molecule has 1 aromatic carbocycles. The highest BCUT2D eigenvalue weighted by atomic mass is 32.1. The Hall–Kier alpha value is -1.83. The number of carbonyl (C=O) groups excluding carboxylic acids is 2. The zero-order valence-corrected chi connectivity index (χ0v) is 14.8. The standard InChI is InChI=1S/C18H22N2O4S/c21-16(17(25)15-9-5-11-20(15)23)14-8-4-10-19(14)18(22)24-12-13-6-2-1-3-7-13/h1-3,6-7,14-15,23H,4-5,8-12H2/t14-,15-/m0/s1. The number of rotatable bonds is 5. The normalized spacial score (nSPS) is 23.6. The number of hydrogen-bond donors (Lipinski definition) is 1. The number of Topliss-reactive ketones (excluding diaryl/α,β-unsaturated/α-hetero) is 1. The first-order valence-corrected chi connectivity index (χ1v) is 8.99. The van der Waals surface area contributed by atoms with Crippen molar-refractivity contribution < 1.29 is 19.5 Å². The average molecular weight is 362 g/mol. The zero-order valence-electron chi connectivity index (χ0n) is 14.0. The highest BCUT2D eigenvalue weighted by Gasteiger charge is 2.40. The van der Waals surface area contributed by atoms with Crippen LogP contribution in [0.3, 0.4) is 0 Å². The lowest BCUT2D eigenvalue weighted by molar-refractivity contribution is -0.118. The van der Waals surface area contributed by atoms with E-state index in [1.54, 1.807) is 0 Å². The number of hydroxylamine groups is 2. The minimum atomic E-state index is -0.579. The summed E-state index contributed by atoms with van der Waals surface area (Å²) < 4.78 is 5.35. The summed E-state index contributed by atoms with van der Waals surface area (Å²) in [4.78, 5) is 26.8. The highest BCUT2D eigenvalue weighted by Crippen LogP contribution is 2.24. The molecule has 2 aliphatic rings. The molecule has 3 rings (SSSR count). The van der Waals surface area contributed by atoms with Gasteiger partial charge < -0.3 is 9.94 Å². The molecule has 1 N–H and O–H groups in total. The first kappa shape index (κ1) is 18.0. The number of hydrogen-bond acceptors (Lipinski definition) is 6. The number of benzene rings is 1. The molecule has 1 amide bonds. The lowest BCUT2D eigenvalue weighted by Crippen LogP contribution is -2.47. The van der Waals surface area contributed by atoms with Gasteiger partial charge in [0.2, 0.25) is 0 Å². The Labute approximate surface area is 152 Å². The van der Waals surface area contributed by atoms with E-state index in [1.807, 2.05) is 30.3 Å². The van der Waals surface area contributed by atoms with E-state index in [1.165, 1.54) is 4.90 Å². The Balaban J connectivity index is 1.60. The van der Waals surface area contributed by atoms with Gasteiger partial charge in [0.05, 0.1) is 16.9 Å². The van der Waals surface area contributed by atoms with Crippen LogP contribution in [0.5, 0.6) is 0 Å². The van der Waals surface area contributed by atoms with Gasteiger partial charge in [-0.1, -0.05) is 42.5 Å². The maximum Gasteiger partial charge on any atom is 0.410 e. The lowest BCUT2D eigenvalue weighted by atomic mass is 10.0. The van der Waals surface area contributed by atoms with Crippen LogP contribution < -0.4 is 0 Å². The largest absolute Gasteiger partial charge is 0.445 e. The summed E-state index contributed by atoms with van der Waals surface area (Å²) >= 11 is 5.30. The molecule has 7 heteroatoms. The first-order valence-electron chi connectivity index (χ1n) is 8.59. The Morgan fingerprint density at radius 3 is 2.48 bits per heavy atom. The Kier molecular flexibility index (Phi) is 5.78. The van der Waals surface area contributed by atoms with E-state index in [0.29, 0.717) is 25.9 Å². The number of ketones is 1. The topological polar surface area (TPSA) is 70.1 Å². The van der Waals surface area contributed by atoms with Crippen molar-refractivity contribution in [2.75, 3.05) is 13.1 Å². The van der Waals surface area contributed by atoms with Gasteiger partial charge in [0.15, 0.2) is 5.78 Å². The molecule has 0 unspecified atom stereocenters. The highest BCUT2D eigenvalue weighted by molar-refractivity contribution is 7.82. The number of nitrogens with zero attached hydrogens (tertiary/aromatic N) is 2. The van der Waals surface area contributed by atoms with Crippen molar-refractivity contribution in [3.05, 3.63) is 35.9 Å². The van der Waals surface area contributed by atoms with Crippen LogP contribution in [0.1, 0.15) is 31.2 Å². The van der Waals surface area contributed by atoms with Crippen molar-refractivity contribution in [1.29, 1.82) is 0 Å². The summed E-state index contributed by atoms with van der Waals surface area (Å²) in [5.41, 5.74) is 0.898. The van der Waals surface area contributed by atoms with E-state index >= 15 is 0 Å². The van der Waals surface area contributed by atoms with Crippen LogP contribution in [0.4, 0.5) is 4.79 Å². The first-order chi connectivity index (χ1) is 12.1. The van der Waals surface area contributed by atoms with E-state index in [0.717, 1.165) is 23.5 Å². The molecule has 0 aromatic heterocycles. The Bertz CT molecular complexity index is 652. The summed E-state index contributed by atoms with van der Waals surface area (Å²) in [6, 6.07) is 8.43. The second-order valence-corrected chi connectivity index (χ2v) is 6.88. The molecule has 0 radical (unpaired) electrons. The molecule has 0 spiro atoms. The van der Waals surface area contributed by atoms with Crippen LogP contribution in [0.15, 0.2) is 30.3 Å². The minimum absolute atomic E-state index is 0.175. The Morgan fingerprint density at radius 1 is 1.12 bits per heavy atom. The van der Waals surface area contributed by atoms with Crippen molar-refractivity contribution in [3.8, 4) is 0 Å². The van der Waals surface area contributed by atoms with Crippen LogP contribution in [0.2, 0.25) is 0 Å². The van der Waals surface area contributed by atoms with Gasteiger partial charge in [0.25, 0.3) is 0 Å². The van der Waals surface area contributed by atoms with Gasteiger partial charge in [-0.2, -0.15) is 5.06 Å². The van der Waals surface area contributed by atoms with Crippen LogP contribution >= 0.6 is 12.2 Å². The fourth-order valence-electron chi connectivity index (χ4n) is 3.41. The summed E-state index contributed by atoms with van der Waals surface area (Å²) in [5, 5.41) is 11.0. The van der Waals surface area contributed by atoms with E-state index in [9.17, 15) is 14.8 Å². The number of ether oxygens (including phenoxy) is 1. The second-order valence-electron chi connectivity index (χ2n) is 6.44. The predicted octanol–water partition coefficient (Wildman–Crippen LogP) is 2.58. The second kappa shape index (κ2) is 8.03. The summed E-state index contributed by atoms with van der Waals surface area (Å²) in [5.74, 6) is -0.241. The zero-order chi connectivity index (χ0) is 17.8. The molecule has 1 aromatic rings. The molecule has 2 atom stereocenters. The minimum Gasteiger partial charge on any atom is -0.445 e. The smallest absolute Gasteiger partial charge is 0.410 e. The van der Waals surface area contributed by atoms with Crippen molar-refractivity contribution in [2.24, 2.45) is 0 Å². The van der Waals surface area contributed by atoms with Gasteiger partial charge in [-0.3, -0.25) is 9.69 Å². The van der Waals surface area contributed by atoms with Gasteiger partial charge in [0, 0.05) is 13.1 Å². The van der Waals surface area contributed by atoms with Crippen molar-refractivity contribution >= 4 is 29.0 Å². The molecular formula is C18H22N2O4S. The molecule has 6 nitrogen and oxygen atoms in total. The molecule has 0 saturated carbocycles. The van der Waals surface area contributed by atoms with Gasteiger partial charge in [-0.25, -0.2) is 4.79 Å². The van der Waals surface area contributed by atoms with Crippen molar-refractivity contribution in [1.82, 2.24) is 9.96 Å². The molecule has 2 fully saturated rings. The van der Waals surface area contributed by atoms with Crippen LogP contribution in [0.25, 0.3) is 0 Å². The molecule has 2 saturated heterocycles. The van der Waals surface area contributed by atoms with Gasteiger partial charge in [-0.15, -0.1) is 0 Å². The molecular weight excluding hydrogens is 340 g/mol. The molecule has 2 heterocycles. The number of thiocarbonyl (C=S) groups is 1. The van der Waals surface area contributed by atoms with E-state index < -0.39 is 18.2 Å². The van der Waals surface area contributed by atoms with Crippen LogP contribution in [-0.2, 0) is 16.1 Å². The summed E-state index contributed by atoms with van der Waals surface area (Å²) in [6.45, 7) is 1.18. The van der Waals surface area contributed by atoms with Crippen LogP contribution in [-0.4, -0.2) is 57.1 Å². The third kappa shape index (κ3) is 4.05. The molecule has 25 heavy (non-hydrogen) atoms. The van der Waals surface area contributed by atoms with Crippen molar-refractivity contribution in [2.45, 2.75) is 44.4 Å². The summed E-state index contributed by atoms with van der Waals surface area (Å²) in [6.07, 6.45) is 2.31. The van der Waals surface area contributed by atoms with Gasteiger partial charge >= 0.3 is 6.09 Å². The average Bonchev–Trinajstić information content (AvgIpc) is 3.28. The maximum absolute atomic E-state index is 12.7. The molecule has 0 bridgehead atoms. The third-order valence-corrected chi connectivity index (χ3v) is 5.24. The van der Waals surface area contributed by atoms with Crippen molar-refractivity contribution in [3.63, 3.8) is 0 Å². The number of likely N-dealkylation sites (tertiary alicyclic amines) is 1. The number of carbonyl (C=O) groups is 2. The Morgan fingerprint density at radius 2 is 1.80 bits per heavy atom. The van der Waals surface area contributed by atoms with E-state index in [4.69, 9.17) is 17.0 Å². The summed E-state index contributed by atoms with van der Waals surface area (Å²) in [7, 11) is 0. The maximum atomic E-state index is 12.7. The van der Waals surface area contributed by atoms with E-state index in [2.05, 4.69) is 0 Å². The number of amides is 1. The third-order valence-electron chi connectivity index (χ3n) is 4.77. The molecule has 134 valence electrons. The predicted molar refractivity (Wildman–Crippen MR) is 95.5 cm³/mol. The quantitative estimate of drug-likeness (QED) is 0.812. The fraction of sp³-hybridized carbons (Fsp3) is 0.500. The monoisotopic (exact) mass is 362 g/mol. The van der Waals surface area contributed by atoms with E-state index in [-0.39, 0.29) is 17.3 Å². The SMILES string of the molecule is O=C(C(=S)[C@@H]1CCCN1O)[C@@H]1CCCN1C(=O)OCc1ccccc1. The molecule has 0 aliphatic carbocycles. The van der Waals surface area contributed by atoms with Gasteiger partial charge in [-0.05, 0) is 31.2 Å².